The van der Waals surface area contributed by atoms with Crippen LogP contribution in [0.5, 0.6) is 5.88 Å². The molecule has 142 valence electrons. The van der Waals surface area contributed by atoms with Crippen LogP contribution in [0, 0.1) is 25.2 Å². The highest BCUT2D eigenvalue weighted by molar-refractivity contribution is 6.12. The van der Waals surface area contributed by atoms with Crippen LogP contribution in [0.4, 0.5) is 5.69 Å². The highest BCUT2D eigenvalue weighted by Gasteiger charge is 2.58. The van der Waals surface area contributed by atoms with Gasteiger partial charge < -0.3 is 15.8 Å². The average Bonchev–Trinajstić information content (AvgIpc) is 3.18. The molecule has 0 fully saturated rings. The lowest BCUT2D eigenvalue weighted by atomic mass is 9.69. The Balaban J connectivity index is 1.91. The van der Waals surface area contributed by atoms with E-state index in [-0.39, 0.29) is 17.4 Å². The van der Waals surface area contributed by atoms with Gasteiger partial charge >= 0.3 is 0 Å². The maximum Gasteiger partial charge on any atom is 0.245 e. The minimum atomic E-state index is -1.40. The second-order valence-electron chi connectivity index (χ2n) is 7.22. The SMILES string of the molecule is Cc1ccc2c(c1)[C@]1(C(=O)N2)C(C#N)=C(N)Oc2c1c(C)nn2-c1ccccc1. The van der Waals surface area contributed by atoms with Crippen LogP contribution < -0.4 is 15.8 Å². The number of nitrogens with one attached hydrogen (secondary N) is 1. The van der Waals surface area contributed by atoms with E-state index in [1.165, 1.54) is 0 Å². The van der Waals surface area contributed by atoms with E-state index in [1.54, 1.807) is 11.6 Å². The Morgan fingerprint density at radius 1 is 1.21 bits per heavy atom. The summed E-state index contributed by atoms with van der Waals surface area (Å²) in [5.74, 6) is -0.0887. The number of para-hydroxylation sites is 1. The summed E-state index contributed by atoms with van der Waals surface area (Å²) in [4.78, 5) is 13.5. The van der Waals surface area contributed by atoms with Crippen LogP contribution in [-0.2, 0) is 10.2 Å². The molecule has 0 aliphatic carbocycles. The van der Waals surface area contributed by atoms with Crippen LogP contribution in [0.3, 0.4) is 0 Å². The second-order valence-corrected chi connectivity index (χ2v) is 7.22. The summed E-state index contributed by atoms with van der Waals surface area (Å²) >= 11 is 0. The zero-order chi connectivity index (χ0) is 20.3. The summed E-state index contributed by atoms with van der Waals surface area (Å²) < 4.78 is 7.50. The first-order chi connectivity index (χ1) is 14.0. The lowest BCUT2D eigenvalue weighted by molar-refractivity contribution is -0.118. The molecule has 2 aliphatic rings. The number of hydrogen-bond donors (Lipinski definition) is 2. The first-order valence-corrected chi connectivity index (χ1v) is 9.14. The molecule has 3 aromatic rings. The Labute approximate surface area is 167 Å². The third-order valence-electron chi connectivity index (χ3n) is 5.50. The van der Waals surface area contributed by atoms with Crippen molar-refractivity contribution in [3.8, 4) is 17.6 Å². The topological polar surface area (TPSA) is 106 Å². The van der Waals surface area contributed by atoms with E-state index in [4.69, 9.17) is 10.5 Å². The predicted molar refractivity (Wildman–Crippen MR) is 106 cm³/mol. The highest BCUT2D eigenvalue weighted by Crippen LogP contribution is 2.54. The molecule has 0 unspecified atom stereocenters. The van der Waals surface area contributed by atoms with Gasteiger partial charge in [-0.1, -0.05) is 35.9 Å². The molecule has 1 spiro atoms. The number of nitrogens with two attached hydrogens (primary N) is 1. The van der Waals surface area contributed by atoms with Gasteiger partial charge in [0.1, 0.15) is 17.1 Å². The summed E-state index contributed by atoms with van der Waals surface area (Å²) in [6.45, 7) is 3.75. The van der Waals surface area contributed by atoms with Crippen LogP contribution >= 0.6 is 0 Å². The Hall–Kier alpha value is -4.05. The van der Waals surface area contributed by atoms with Gasteiger partial charge in [-0.2, -0.15) is 10.4 Å². The molecule has 0 saturated carbocycles. The number of rotatable bonds is 1. The number of nitrogens with zero attached hydrogens (tertiary/aromatic N) is 3. The molecular weight excluding hydrogens is 366 g/mol. The molecule has 1 aromatic heterocycles. The molecule has 7 nitrogen and oxygen atoms in total. The number of carbonyl (C=O) groups is 1. The van der Waals surface area contributed by atoms with E-state index in [9.17, 15) is 10.1 Å². The summed E-state index contributed by atoms with van der Waals surface area (Å²) in [5, 5.41) is 17.5. The van der Waals surface area contributed by atoms with Gasteiger partial charge in [0.05, 0.1) is 16.9 Å². The van der Waals surface area contributed by atoms with E-state index < -0.39 is 5.41 Å². The molecule has 1 atom stereocenters. The van der Waals surface area contributed by atoms with Gasteiger partial charge in [-0.3, -0.25) is 4.79 Å². The van der Waals surface area contributed by atoms with Gasteiger partial charge in [-0.15, -0.1) is 0 Å². The molecule has 2 aliphatic heterocycles. The molecule has 29 heavy (non-hydrogen) atoms. The van der Waals surface area contributed by atoms with E-state index >= 15 is 0 Å². The Morgan fingerprint density at radius 3 is 2.69 bits per heavy atom. The Morgan fingerprint density at radius 2 is 1.97 bits per heavy atom. The number of aromatic nitrogens is 2. The van der Waals surface area contributed by atoms with Crippen LogP contribution in [0.1, 0.15) is 22.4 Å². The number of ether oxygens (including phenoxy) is 1. The number of aryl methyl sites for hydroxylation is 2. The standard InChI is InChI=1S/C22H17N5O2/c1-12-8-9-17-15(10-12)22(21(28)25-17)16(11-23)19(24)29-20-18(22)13(2)26-27(20)14-6-4-3-5-7-14/h3-10H,24H2,1-2H3,(H,25,28)/t22-/m0/s1. The zero-order valence-corrected chi connectivity index (χ0v) is 15.9. The molecule has 0 saturated heterocycles. The maximum atomic E-state index is 13.5. The fraction of sp³-hybridized carbons (Fsp3) is 0.136. The van der Waals surface area contributed by atoms with Gasteiger partial charge in [0.15, 0.2) is 0 Å². The fourth-order valence-corrected chi connectivity index (χ4v) is 4.29. The van der Waals surface area contributed by atoms with Crippen LogP contribution in [-0.4, -0.2) is 15.7 Å². The number of benzene rings is 2. The van der Waals surface area contributed by atoms with E-state index in [0.717, 1.165) is 11.3 Å². The van der Waals surface area contributed by atoms with Crippen molar-refractivity contribution in [3.05, 3.63) is 82.4 Å². The van der Waals surface area contributed by atoms with Crippen molar-refractivity contribution in [2.24, 2.45) is 5.73 Å². The van der Waals surface area contributed by atoms with Crippen molar-refractivity contribution in [2.75, 3.05) is 5.32 Å². The molecule has 0 radical (unpaired) electrons. The molecule has 5 rings (SSSR count). The first kappa shape index (κ1) is 17.1. The second kappa shape index (κ2) is 5.72. The van der Waals surface area contributed by atoms with Crippen molar-refractivity contribution in [3.63, 3.8) is 0 Å². The van der Waals surface area contributed by atoms with Gasteiger partial charge in [0.2, 0.25) is 17.7 Å². The third kappa shape index (κ3) is 2.05. The van der Waals surface area contributed by atoms with E-state index in [0.29, 0.717) is 28.4 Å². The van der Waals surface area contributed by atoms with Crippen molar-refractivity contribution < 1.29 is 9.53 Å². The van der Waals surface area contributed by atoms with E-state index in [1.807, 2.05) is 55.5 Å². The highest BCUT2D eigenvalue weighted by atomic mass is 16.5. The molecule has 3 heterocycles. The summed E-state index contributed by atoms with van der Waals surface area (Å²) in [6.07, 6.45) is 0. The quantitative estimate of drug-likeness (QED) is 0.672. The van der Waals surface area contributed by atoms with Crippen LogP contribution in [0.2, 0.25) is 0 Å². The molecule has 2 aromatic carbocycles. The molecule has 3 N–H and O–H groups in total. The van der Waals surface area contributed by atoms with Crippen molar-refractivity contribution in [2.45, 2.75) is 19.3 Å². The maximum absolute atomic E-state index is 13.5. The van der Waals surface area contributed by atoms with Gasteiger partial charge in [0.25, 0.3) is 0 Å². The predicted octanol–water partition coefficient (Wildman–Crippen LogP) is 2.81. The Bertz CT molecular complexity index is 1270. The van der Waals surface area contributed by atoms with Crippen LogP contribution in [0.15, 0.2) is 60.0 Å². The molecule has 0 bridgehead atoms. The van der Waals surface area contributed by atoms with Crippen molar-refractivity contribution in [1.82, 2.24) is 9.78 Å². The molecular formula is C22H17N5O2. The summed E-state index contributed by atoms with van der Waals surface area (Å²) in [6, 6.07) is 17.2. The normalized spacial score (nSPS) is 19.4. The monoisotopic (exact) mass is 383 g/mol. The third-order valence-corrected chi connectivity index (χ3v) is 5.50. The minimum Gasteiger partial charge on any atom is -0.422 e. The zero-order valence-electron chi connectivity index (χ0n) is 15.9. The number of nitriles is 1. The number of hydrogen-bond acceptors (Lipinski definition) is 5. The number of amides is 1. The lowest BCUT2D eigenvalue weighted by Crippen LogP contribution is -2.42. The van der Waals surface area contributed by atoms with E-state index in [2.05, 4.69) is 16.5 Å². The lowest BCUT2D eigenvalue weighted by Gasteiger charge is -2.32. The van der Waals surface area contributed by atoms with Gasteiger partial charge in [-0.05, 0) is 32.0 Å². The van der Waals surface area contributed by atoms with Crippen LogP contribution in [0.25, 0.3) is 5.69 Å². The summed E-state index contributed by atoms with van der Waals surface area (Å²) in [7, 11) is 0. The number of anilines is 1. The molecule has 1 amide bonds. The first-order valence-electron chi connectivity index (χ1n) is 9.14. The van der Waals surface area contributed by atoms with Gasteiger partial charge in [0, 0.05) is 11.3 Å². The average molecular weight is 383 g/mol. The minimum absolute atomic E-state index is 0.0718. The molecule has 7 heteroatoms. The van der Waals surface area contributed by atoms with Gasteiger partial charge in [-0.25, -0.2) is 4.68 Å². The Kier molecular flexibility index (Phi) is 3.37. The van der Waals surface area contributed by atoms with Crippen molar-refractivity contribution in [1.29, 1.82) is 5.26 Å². The summed E-state index contributed by atoms with van der Waals surface area (Å²) in [5.41, 5.74) is 9.06. The largest absolute Gasteiger partial charge is 0.422 e. The smallest absolute Gasteiger partial charge is 0.245 e. The fourth-order valence-electron chi connectivity index (χ4n) is 4.29. The van der Waals surface area contributed by atoms with Crippen molar-refractivity contribution >= 4 is 11.6 Å². The number of carbonyl (C=O) groups excluding carboxylic acids is 1. The number of fused-ring (bicyclic) bond motifs is 4.